The molecule has 1 fully saturated rings. The third-order valence-electron chi connectivity index (χ3n) is 7.34. The molecule has 2 bridgehead atoms. The van der Waals surface area contributed by atoms with Crippen molar-refractivity contribution in [2.24, 2.45) is 11.3 Å². The van der Waals surface area contributed by atoms with Crippen LogP contribution in [0.1, 0.15) is 41.0 Å². The molecule has 4 aliphatic rings. The van der Waals surface area contributed by atoms with E-state index in [-0.39, 0.29) is 23.7 Å². The Kier molecular flexibility index (Phi) is 3.39. The van der Waals surface area contributed by atoms with E-state index in [1.54, 1.807) is 19.2 Å². The smallest absolute Gasteiger partial charge is 0.241 e. The van der Waals surface area contributed by atoms with Gasteiger partial charge in [0.05, 0.1) is 24.1 Å². The number of para-hydroxylation sites is 2. The van der Waals surface area contributed by atoms with E-state index in [1.807, 2.05) is 43.3 Å². The largest absolute Gasteiger partial charge is 0.495 e. The summed E-state index contributed by atoms with van der Waals surface area (Å²) < 4.78 is 5.49. The fourth-order valence-electron chi connectivity index (χ4n) is 6.16. The fourth-order valence-corrected chi connectivity index (χ4v) is 6.16. The second-order valence-electron chi connectivity index (χ2n) is 8.58. The minimum Gasteiger partial charge on any atom is -0.495 e. The maximum absolute atomic E-state index is 14.0. The third-order valence-corrected chi connectivity index (χ3v) is 7.34. The maximum Gasteiger partial charge on any atom is 0.241 e. The Morgan fingerprint density at radius 2 is 1.33 bits per heavy atom. The van der Waals surface area contributed by atoms with Crippen LogP contribution < -0.4 is 9.64 Å². The lowest BCUT2D eigenvalue weighted by molar-refractivity contribution is -0.128. The van der Waals surface area contributed by atoms with Gasteiger partial charge in [-0.25, -0.2) is 4.90 Å². The number of benzene rings is 3. The number of nitrogens with zero attached hydrogens (tertiary/aromatic N) is 1. The van der Waals surface area contributed by atoms with Crippen molar-refractivity contribution >= 4 is 17.5 Å². The Morgan fingerprint density at radius 3 is 1.93 bits per heavy atom. The highest BCUT2D eigenvalue weighted by atomic mass is 16.5. The zero-order chi connectivity index (χ0) is 20.6. The van der Waals surface area contributed by atoms with Gasteiger partial charge in [-0.15, -0.1) is 0 Å². The number of carbonyl (C=O) groups excluding carboxylic acids is 2. The Balaban J connectivity index is 1.62. The van der Waals surface area contributed by atoms with E-state index in [4.69, 9.17) is 4.74 Å². The summed E-state index contributed by atoms with van der Waals surface area (Å²) in [5, 5.41) is 0. The Morgan fingerprint density at radius 1 is 0.800 bits per heavy atom. The molecule has 3 aliphatic carbocycles. The third kappa shape index (κ3) is 1.87. The van der Waals surface area contributed by atoms with E-state index in [0.29, 0.717) is 11.4 Å². The van der Waals surface area contributed by atoms with E-state index >= 15 is 0 Å². The van der Waals surface area contributed by atoms with Crippen molar-refractivity contribution in [3.8, 4) is 5.75 Å². The van der Waals surface area contributed by atoms with Gasteiger partial charge < -0.3 is 4.74 Å². The molecule has 0 radical (unpaired) electrons. The van der Waals surface area contributed by atoms with E-state index < -0.39 is 11.3 Å². The number of hydrogen-bond acceptors (Lipinski definition) is 3. The van der Waals surface area contributed by atoms with Gasteiger partial charge in [-0.05, 0) is 41.3 Å². The molecule has 0 N–H and O–H groups in total. The number of rotatable bonds is 2. The minimum absolute atomic E-state index is 0.122. The van der Waals surface area contributed by atoms with Crippen molar-refractivity contribution in [3.63, 3.8) is 0 Å². The van der Waals surface area contributed by atoms with Crippen molar-refractivity contribution in [1.29, 1.82) is 0 Å². The van der Waals surface area contributed by atoms with Crippen molar-refractivity contribution < 1.29 is 14.3 Å². The van der Waals surface area contributed by atoms with Crippen LogP contribution in [0.3, 0.4) is 0 Å². The summed E-state index contributed by atoms with van der Waals surface area (Å²) in [5.74, 6) is -0.430. The van der Waals surface area contributed by atoms with Crippen LogP contribution in [-0.4, -0.2) is 18.9 Å². The highest BCUT2D eigenvalue weighted by molar-refractivity contribution is 6.25. The summed E-state index contributed by atoms with van der Waals surface area (Å²) in [4.78, 5) is 29.3. The van der Waals surface area contributed by atoms with E-state index in [9.17, 15) is 9.59 Å². The van der Waals surface area contributed by atoms with Gasteiger partial charge in [0.1, 0.15) is 5.75 Å². The molecule has 3 aromatic rings. The van der Waals surface area contributed by atoms with E-state index in [1.165, 1.54) is 27.2 Å². The molecule has 7 rings (SSSR count). The molecule has 0 unspecified atom stereocenters. The summed E-state index contributed by atoms with van der Waals surface area (Å²) in [6.07, 6.45) is 0. The van der Waals surface area contributed by atoms with Gasteiger partial charge in [0, 0.05) is 11.8 Å². The number of carbonyl (C=O) groups is 2. The predicted octanol–water partition coefficient (Wildman–Crippen LogP) is 4.48. The van der Waals surface area contributed by atoms with E-state index in [0.717, 1.165) is 0 Å². The van der Waals surface area contributed by atoms with Crippen molar-refractivity contribution in [1.82, 2.24) is 0 Å². The molecule has 4 nitrogen and oxygen atoms in total. The van der Waals surface area contributed by atoms with Crippen LogP contribution in [0.4, 0.5) is 5.69 Å². The standard InChI is InChI=1S/C26H21NO3/c1-26-22-17-11-5-3-9-15(17)21(16-10-4-6-12-18(16)22)23(26)24(28)27(25(26)29)19-13-7-8-14-20(19)30-2/h3-14,21-23H,1-2H3/t21?,22?,23-,26+/m1/s1. The quantitative estimate of drug-likeness (QED) is 0.601. The van der Waals surface area contributed by atoms with Crippen molar-refractivity contribution in [2.75, 3.05) is 12.0 Å². The molecule has 148 valence electrons. The molecular weight excluding hydrogens is 374 g/mol. The van der Waals surface area contributed by atoms with Crippen molar-refractivity contribution in [3.05, 3.63) is 95.1 Å². The van der Waals surface area contributed by atoms with Crippen LogP contribution >= 0.6 is 0 Å². The second-order valence-corrected chi connectivity index (χ2v) is 8.58. The van der Waals surface area contributed by atoms with Crippen LogP contribution in [0.2, 0.25) is 0 Å². The zero-order valence-corrected chi connectivity index (χ0v) is 16.8. The molecule has 2 atom stereocenters. The number of imide groups is 1. The SMILES string of the molecule is COc1ccccc1N1C(=O)[C@H]2C3c4ccccc4C(c4ccccc43)[C@]2(C)C1=O. The molecule has 4 heteroatoms. The molecule has 3 aromatic carbocycles. The fraction of sp³-hybridized carbons (Fsp3) is 0.231. The highest BCUT2D eigenvalue weighted by Gasteiger charge is 2.69. The summed E-state index contributed by atoms with van der Waals surface area (Å²) in [5.41, 5.74) is 4.38. The first kappa shape index (κ1) is 17.5. The summed E-state index contributed by atoms with van der Waals surface area (Å²) in [6, 6.07) is 23.8. The average molecular weight is 395 g/mol. The highest BCUT2D eigenvalue weighted by Crippen LogP contribution is 2.67. The van der Waals surface area contributed by atoms with Crippen LogP contribution in [0.5, 0.6) is 5.75 Å². The molecule has 2 amide bonds. The van der Waals surface area contributed by atoms with Crippen LogP contribution in [-0.2, 0) is 9.59 Å². The predicted molar refractivity (Wildman–Crippen MR) is 114 cm³/mol. The lowest BCUT2D eigenvalue weighted by atomic mass is 9.48. The van der Waals surface area contributed by atoms with Crippen LogP contribution in [0.25, 0.3) is 0 Å². The van der Waals surface area contributed by atoms with E-state index in [2.05, 4.69) is 24.3 Å². The average Bonchev–Trinajstić information content (AvgIpc) is 2.99. The van der Waals surface area contributed by atoms with Crippen LogP contribution in [0, 0.1) is 11.3 Å². The van der Waals surface area contributed by atoms with Gasteiger partial charge in [0.15, 0.2) is 0 Å². The number of anilines is 1. The Hall–Kier alpha value is -3.40. The monoisotopic (exact) mass is 395 g/mol. The molecular formula is C26H21NO3. The molecule has 0 spiro atoms. The summed E-state index contributed by atoms with van der Waals surface area (Å²) in [6.45, 7) is 1.98. The zero-order valence-electron chi connectivity index (χ0n) is 16.8. The first-order valence-electron chi connectivity index (χ1n) is 10.3. The van der Waals surface area contributed by atoms with Gasteiger partial charge in [-0.1, -0.05) is 60.7 Å². The minimum atomic E-state index is -0.828. The number of amides is 2. The van der Waals surface area contributed by atoms with Gasteiger partial charge in [0.2, 0.25) is 11.8 Å². The number of ether oxygens (including phenoxy) is 1. The Labute approximate surface area is 175 Å². The topological polar surface area (TPSA) is 46.6 Å². The molecule has 30 heavy (non-hydrogen) atoms. The maximum atomic E-state index is 14.0. The van der Waals surface area contributed by atoms with Gasteiger partial charge >= 0.3 is 0 Å². The van der Waals surface area contributed by atoms with Crippen molar-refractivity contribution in [2.45, 2.75) is 18.8 Å². The summed E-state index contributed by atoms with van der Waals surface area (Å²) >= 11 is 0. The Bertz CT molecular complexity index is 1180. The normalized spacial score (nSPS) is 28.2. The first-order chi connectivity index (χ1) is 14.6. The van der Waals surface area contributed by atoms with Gasteiger partial charge in [-0.3, -0.25) is 9.59 Å². The molecule has 0 saturated carbocycles. The molecule has 0 aromatic heterocycles. The molecule has 1 aliphatic heterocycles. The van der Waals surface area contributed by atoms with Gasteiger partial charge in [0.25, 0.3) is 0 Å². The lowest BCUT2D eigenvalue weighted by Gasteiger charge is -2.51. The van der Waals surface area contributed by atoms with Gasteiger partial charge in [-0.2, -0.15) is 0 Å². The molecule has 1 saturated heterocycles. The number of hydrogen-bond donors (Lipinski definition) is 0. The van der Waals surface area contributed by atoms with Crippen LogP contribution in [0.15, 0.2) is 72.8 Å². The second kappa shape index (κ2) is 5.82. The molecule has 1 heterocycles. The lowest BCUT2D eigenvalue weighted by Crippen LogP contribution is -2.49. The summed E-state index contributed by atoms with van der Waals surface area (Å²) in [7, 11) is 1.56. The number of methoxy groups -OCH3 is 1. The first-order valence-corrected chi connectivity index (χ1v) is 10.3.